The number of fused-ring (bicyclic) bond motifs is 2. The highest BCUT2D eigenvalue weighted by Crippen LogP contribution is 2.36. The maximum atomic E-state index is 5.81. The number of aromatic amines is 1. The summed E-state index contributed by atoms with van der Waals surface area (Å²) < 4.78 is 5.81. The van der Waals surface area contributed by atoms with Crippen LogP contribution in [0.5, 0.6) is 5.88 Å². The molecule has 4 rings (SSSR count). The van der Waals surface area contributed by atoms with Crippen molar-refractivity contribution in [2.75, 3.05) is 18.1 Å². The van der Waals surface area contributed by atoms with Crippen molar-refractivity contribution in [1.29, 1.82) is 0 Å². The van der Waals surface area contributed by atoms with Crippen LogP contribution in [0.4, 0.5) is 5.82 Å². The smallest absolute Gasteiger partial charge is 0.246 e. The minimum Gasteiger partial charge on any atom is -0.474 e. The number of hydrogen-bond donors (Lipinski definition) is 1. The van der Waals surface area contributed by atoms with Gasteiger partial charge in [0.25, 0.3) is 0 Å². The number of hydrogen-bond acceptors (Lipinski definition) is 5. The number of H-pyrrole nitrogens is 1. The minimum absolute atomic E-state index is 0.422. The van der Waals surface area contributed by atoms with Gasteiger partial charge in [0, 0.05) is 6.54 Å². The van der Waals surface area contributed by atoms with Gasteiger partial charge in [0.2, 0.25) is 5.88 Å². The predicted molar refractivity (Wildman–Crippen MR) is 66.9 cm³/mol. The van der Waals surface area contributed by atoms with Gasteiger partial charge in [-0.25, -0.2) is 9.97 Å². The van der Waals surface area contributed by atoms with Crippen LogP contribution in [0.2, 0.25) is 0 Å². The van der Waals surface area contributed by atoms with Crippen LogP contribution in [0, 0.1) is 6.92 Å². The number of rotatable bonds is 0. The zero-order valence-electron chi connectivity index (χ0n) is 10.3. The van der Waals surface area contributed by atoms with Crippen molar-refractivity contribution < 1.29 is 4.74 Å². The molecule has 1 atom stereocenters. The molecule has 0 radical (unpaired) electrons. The molecular weight excluding hydrogens is 230 g/mol. The summed E-state index contributed by atoms with van der Waals surface area (Å²) in [5, 5.41) is 8.07. The molecule has 4 heterocycles. The van der Waals surface area contributed by atoms with E-state index in [2.05, 4.69) is 25.1 Å². The first kappa shape index (κ1) is 10.1. The summed E-state index contributed by atoms with van der Waals surface area (Å²) >= 11 is 0. The molecule has 1 saturated heterocycles. The van der Waals surface area contributed by atoms with Gasteiger partial charge in [-0.05, 0) is 26.2 Å². The lowest BCUT2D eigenvalue weighted by molar-refractivity contribution is 0.258. The van der Waals surface area contributed by atoms with Crippen LogP contribution >= 0.6 is 0 Å². The van der Waals surface area contributed by atoms with Gasteiger partial charge in [-0.15, -0.1) is 5.10 Å². The van der Waals surface area contributed by atoms with E-state index in [9.17, 15) is 0 Å². The van der Waals surface area contributed by atoms with Crippen LogP contribution in [0.3, 0.4) is 0 Å². The van der Waals surface area contributed by atoms with E-state index in [1.807, 2.05) is 6.92 Å². The van der Waals surface area contributed by atoms with Gasteiger partial charge < -0.3 is 9.64 Å². The molecule has 1 fully saturated rings. The molecule has 6 nitrogen and oxygen atoms in total. The summed E-state index contributed by atoms with van der Waals surface area (Å²) in [6.45, 7) is 3.65. The lowest BCUT2D eigenvalue weighted by Gasteiger charge is -2.34. The van der Waals surface area contributed by atoms with E-state index in [-0.39, 0.29) is 0 Å². The number of piperidine rings is 1. The Bertz CT molecular complexity index is 608. The summed E-state index contributed by atoms with van der Waals surface area (Å²) in [4.78, 5) is 11.4. The molecular formula is C12H15N5O. The summed E-state index contributed by atoms with van der Waals surface area (Å²) in [5.74, 6) is 2.41. The fraction of sp³-hybridized carbons (Fsp3) is 0.583. The normalized spacial score (nSPS) is 22.5. The Morgan fingerprint density at radius 1 is 1.33 bits per heavy atom. The molecule has 0 aliphatic carbocycles. The third-order valence-electron chi connectivity index (χ3n) is 3.79. The zero-order valence-corrected chi connectivity index (χ0v) is 10.3. The number of nitrogens with one attached hydrogen (secondary N) is 1. The monoisotopic (exact) mass is 245 g/mol. The van der Waals surface area contributed by atoms with Gasteiger partial charge in [-0.1, -0.05) is 0 Å². The van der Waals surface area contributed by atoms with Gasteiger partial charge in [-0.3, -0.25) is 5.10 Å². The van der Waals surface area contributed by atoms with Crippen LogP contribution in [0.25, 0.3) is 11.0 Å². The summed E-state index contributed by atoms with van der Waals surface area (Å²) in [6, 6.07) is 0.422. The molecule has 1 N–H and O–H groups in total. The lowest BCUT2D eigenvalue weighted by Crippen LogP contribution is -2.43. The van der Waals surface area contributed by atoms with Crippen molar-refractivity contribution in [3.05, 3.63) is 5.82 Å². The molecule has 6 heteroatoms. The fourth-order valence-corrected chi connectivity index (χ4v) is 2.94. The standard InChI is InChI=1S/C12H15N5O/c1-7-13-10-9-11(14-7)17-5-3-2-4-8(17)6-18-12(9)16-15-10/h8H,2-6H2,1H3,(H,13,14,15,16). The Morgan fingerprint density at radius 2 is 2.28 bits per heavy atom. The molecule has 2 aliphatic heterocycles. The fourth-order valence-electron chi connectivity index (χ4n) is 2.94. The van der Waals surface area contributed by atoms with Gasteiger partial charge in [-0.2, -0.15) is 0 Å². The van der Waals surface area contributed by atoms with Crippen LogP contribution in [0.15, 0.2) is 0 Å². The largest absolute Gasteiger partial charge is 0.474 e. The van der Waals surface area contributed by atoms with Crippen LogP contribution < -0.4 is 9.64 Å². The molecule has 0 amide bonds. The van der Waals surface area contributed by atoms with Gasteiger partial charge in [0.15, 0.2) is 5.65 Å². The molecule has 18 heavy (non-hydrogen) atoms. The quantitative estimate of drug-likeness (QED) is 0.760. The van der Waals surface area contributed by atoms with E-state index in [1.54, 1.807) is 0 Å². The summed E-state index contributed by atoms with van der Waals surface area (Å²) in [6.07, 6.45) is 3.65. The first-order valence-corrected chi connectivity index (χ1v) is 6.45. The first-order valence-electron chi connectivity index (χ1n) is 6.45. The molecule has 2 aromatic rings. The second-order valence-corrected chi connectivity index (χ2v) is 5.00. The highest BCUT2D eigenvalue weighted by molar-refractivity contribution is 5.92. The molecule has 94 valence electrons. The van der Waals surface area contributed by atoms with E-state index in [0.29, 0.717) is 18.5 Å². The maximum absolute atomic E-state index is 5.81. The van der Waals surface area contributed by atoms with E-state index < -0.39 is 0 Å². The third kappa shape index (κ3) is 1.31. The van der Waals surface area contributed by atoms with E-state index in [4.69, 9.17) is 4.74 Å². The van der Waals surface area contributed by atoms with Gasteiger partial charge in [0.05, 0.1) is 6.04 Å². The topological polar surface area (TPSA) is 66.9 Å². The summed E-state index contributed by atoms with van der Waals surface area (Å²) in [5.41, 5.74) is 0.777. The molecule has 1 unspecified atom stereocenters. The molecule has 0 aromatic carbocycles. The Labute approximate surface area is 104 Å². The second kappa shape index (κ2) is 3.57. The Balaban J connectivity index is 1.98. The average molecular weight is 245 g/mol. The van der Waals surface area contributed by atoms with Crippen molar-refractivity contribution in [2.24, 2.45) is 0 Å². The van der Waals surface area contributed by atoms with Crippen LogP contribution in [0.1, 0.15) is 25.1 Å². The highest BCUT2D eigenvalue weighted by atomic mass is 16.5. The molecule has 0 bridgehead atoms. The molecule has 0 saturated carbocycles. The number of aryl methyl sites for hydroxylation is 1. The average Bonchev–Trinajstić information content (AvgIpc) is 2.71. The number of anilines is 1. The zero-order chi connectivity index (χ0) is 12.1. The Morgan fingerprint density at radius 3 is 3.22 bits per heavy atom. The van der Waals surface area contributed by atoms with Gasteiger partial charge >= 0.3 is 0 Å². The highest BCUT2D eigenvalue weighted by Gasteiger charge is 2.31. The number of ether oxygens (including phenoxy) is 1. The van der Waals surface area contributed by atoms with Crippen molar-refractivity contribution >= 4 is 16.9 Å². The predicted octanol–water partition coefficient (Wildman–Crippen LogP) is 1.41. The minimum atomic E-state index is 0.422. The van der Waals surface area contributed by atoms with Crippen molar-refractivity contribution in [1.82, 2.24) is 20.2 Å². The number of nitrogens with zero attached hydrogens (tertiary/aromatic N) is 4. The Hall–Kier alpha value is -1.85. The van der Waals surface area contributed by atoms with Gasteiger partial charge in [0.1, 0.15) is 23.6 Å². The SMILES string of the molecule is Cc1nc2c3c(n[nH]c3n1)OCC1CCCCN21. The van der Waals surface area contributed by atoms with E-state index in [0.717, 1.165) is 29.2 Å². The lowest BCUT2D eigenvalue weighted by atomic mass is 10.0. The van der Waals surface area contributed by atoms with Crippen LogP contribution in [-0.4, -0.2) is 39.4 Å². The third-order valence-corrected chi connectivity index (χ3v) is 3.79. The maximum Gasteiger partial charge on any atom is 0.246 e. The van der Waals surface area contributed by atoms with Crippen molar-refractivity contribution in [2.45, 2.75) is 32.2 Å². The Kier molecular flexibility index (Phi) is 2.00. The molecule has 2 aromatic heterocycles. The van der Waals surface area contributed by atoms with E-state index in [1.165, 1.54) is 19.3 Å². The summed E-state index contributed by atoms with van der Waals surface area (Å²) in [7, 11) is 0. The van der Waals surface area contributed by atoms with Crippen molar-refractivity contribution in [3.63, 3.8) is 0 Å². The van der Waals surface area contributed by atoms with Crippen LogP contribution in [-0.2, 0) is 0 Å². The second-order valence-electron chi connectivity index (χ2n) is 5.00. The first-order chi connectivity index (χ1) is 8.83. The number of aromatic nitrogens is 4. The van der Waals surface area contributed by atoms with E-state index >= 15 is 0 Å². The molecule has 2 aliphatic rings. The molecule has 0 spiro atoms. The van der Waals surface area contributed by atoms with Crippen molar-refractivity contribution in [3.8, 4) is 5.88 Å².